The number of amides is 2. The van der Waals surface area contributed by atoms with Crippen molar-refractivity contribution in [3.63, 3.8) is 0 Å². The molecule has 1 heterocycles. The third-order valence-electron chi connectivity index (χ3n) is 3.37. The number of carbonyl (C=O) groups excluding carboxylic acids is 2. The summed E-state index contributed by atoms with van der Waals surface area (Å²) in [6.07, 6.45) is -2.70. The first-order valence-electron chi connectivity index (χ1n) is 7.24. The summed E-state index contributed by atoms with van der Waals surface area (Å²) in [6.45, 7) is 0.338. The van der Waals surface area contributed by atoms with Crippen LogP contribution in [0.5, 0.6) is 0 Å². The van der Waals surface area contributed by atoms with E-state index in [-0.39, 0.29) is 24.6 Å². The first kappa shape index (κ1) is 19.0. The molecule has 2 amide bonds. The topological polar surface area (TPSA) is 63.1 Å². The number of carbonyl (C=O) groups is 2. The van der Waals surface area contributed by atoms with Crippen molar-refractivity contribution in [1.29, 1.82) is 0 Å². The molecule has 134 valence electrons. The Balaban J connectivity index is 1.80. The normalized spacial score (nSPS) is 11.2. The molecule has 0 aliphatic carbocycles. The van der Waals surface area contributed by atoms with Crippen LogP contribution in [-0.2, 0) is 13.2 Å². The Morgan fingerprint density at radius 1 is 1.08 bits per heavy atom. The Labute approximate surface area is 150 Å². The molecule has 2 aromatic rings. The molecule has 1 aromatic carbocycles. The number of halogens is 4. The molecule has 0 bridgehead atoms. The minimum absolute atomic E-state index is 0.116. The van der Waals surface area contributed by atoms with Gasteiger partial charge in [-0.15, -0.1) is 0 Å². The largest absolute Gasteiger partial charge is 0.416 e. The van der Waals surface area contributed by atoms with E-state index in [9.17, 15) is 22.8 Å². The van der Waals surface area contributed by atoms with Crippen molar-refractivity contribution in [2.45, 2.75) is 6.18 Å². The van der Waals surface area contributed by atoms with E-state index >= 15 is 0 Å². The lowest BCUT2D eigenvalue weighted by Gasteiger charge is -2.09. The number of hydrogen-bond donors (Lipinski definition) is 2. The third kappa shape index (κ3) is 5.09. The number of aromatic nitrogens is 1. The van der Waals surface area contributed by atoms with Gasteiger partial charge in [-0.3, -0.25) is 9.59 Å². The van der Waals surface area contributed by atoms with Crippen LogP contribution in [-0.4, -0.2) is 29.5 Å². The summed E-state index contributed by atoms with van der Waals surface area (Å²) < 4.78 is 39.8. The second-order valence-electron chi connectivity index (χ2n) is 5.24. The van der Waals surface area contributed by atoms with Crippen LogP contribution in [0.2, 0.25) is 0 Å². The van der Waals surface area contributed by atoms with Crippen LogP contribution in [0.15, 0.2) is 41.0 Å². The third-order valence-corrected chi connectivity index (χ3v) is 3.81. The van der Waals surface area contributed by atoms with E-state index in [4.69, 9.17) is 0 Å². The Morgan fingerprint density at radius 3 is 2.12 bits per heavy atom. The Morgan fingerprint density at radius 2 is 1.64 bits per heavy atom. The highest BCUT2D eigenvalue weighted by Crippen LogP contribution is 2.29. The summed E-state index contributed by atoms with van der Waals surface area (Å²) in [5.74, 6) is -0.804. The van der Waals surface area contributed by atoms with E-state index in [0.717, 1.165) is 28.7 Å². The lowest BCUT2D eigenvalue weighted by molar-refractivity contribution is -0.137. The Hall–Kier alpha value is -2.29. The van der Waals surface area contributed by atoms with Crippen LogP contribution in [0.3, 0.4) is 0 Å². The van der Waals surface area contributed by atoms with Gasteiger partial charge in [-0.2, -0.15) is 13.2 Å². The first-order chi connectivity index (χ1) is 11.7. The molecule has 1 aromatic heterocycles. The van der Waals surface area contributed by atoms with Gasteiger partial charge in [-0.05, 0) is 46.3 Å². The summed E-state index contributed by atoms with van der Waals surface area (Å²) in [7, 11) is 1.73. The van der Waals surface area contributed by atoms with Crippen molar-refractivity contribution in [2.75, 3.05) is 13.1 Å². The second-order valence-corrected chi connectivity index (χ2v) is 6.16. The highest BCUT2D eigenvalue weighted by atomic mass is 79.9. The number of aryl methyl sites for hydroxylation is 1. The summed E-state index contributed by atoms with van der Waals surface area (Å²) in [5, 5.41) is 5.18. The molecule has 0 saturated carbocycles. The molecule has 0 spiro atoms. The van der Waals surface area contributed by atoms with Crippen LogP contribution in [0.1, 0.15) is 26.4 Å². The standard InChI is InChI=1S/C16H15BrF3N3O2/c1-23-9-12(17)8-13(23)15(25)22-7-6-21-14(24)10-2-4-11(5-3-10)16(18,19)20/h2-5,8-9H,6-7H2,1H3,(H,21,24)(H,22,25). The fourth-order valence-electron chi connectivity index (χ4n) is 2.11. The zero-order valence-electron chi connectivity index (χ0n) is 13.2. The molecule has 0 aliphatic heterocycles. The maximum Gasteiger partial charge on any atom is 0.416 e. The zero-order chi connectivity index (χ0) is 18.6. The van der Waals surface area contributed by atoms with E-state index in [1.165, 1.54) is 0 Å². The molecule has 0 unspecified atom stereocenters. The number of benzene rings is 1. The summed E-state index contributed by atoms with van der Waals surface area (Å²) in [6, 6.07) is 5.58. The van der Waals surface area contributed by atoms with E-state index in [1.54, 1.807) is 23.9 Å². The molecule has 5 nitrogen and oxygen atoms in total. The maximum absolute atomic E-state index is 12.5. The van der Waals surface area contributed by atoms with Crippen molar-refractivity contribution < 1.29 is 22.8 Å². The molecule has 2 rings (SSSR count). The highest BCUT2D eigenvalue weighted by molar-refractivity contribution is 9.10. The smallest absolute Gasteiger partial charge is 0.350 e. The number of hydrogen-bond acceptors (Lipinski definition) is 2. The molecule has 0 fully saturated rings. The molecule has 0 saturated heterocycles. The number of nitrogens with one attached hydrogen (secondary N) is 2. The van der Waals surface area contributed by atoms with Crippen LogP contribution < -0.4 is 10.6 Å². The van der Waals surface area contributed by atoms with E-state index < -0.39 is 17.6 Å². The second kappa shape index (κ2) is 7.73. The van der Waals surface area contributed by atoms with Gasteiger partial charge in [0, 0.05) is 36.4 Å². The molecule has 25 heavy (non-hydrogen) atoms. The monoisotopic (exact) mass is 417 g/mol. The van der Waals surface area contributed by atoms with E-state index in [1.807, 2.05) is 0 Å². The molecule has 9 heteroatoms. The van der Waals surface area contributed by atoms with Gasteiger partial charge >= 0.3 is 6.18 Å². The van der Waals surface area contributed by atoms with Gasteiger partial charge in [0.25, 0.3) is 11.8 Å². The van der Waals surface area contributed by atoms with Crippen LogP contribution in [0, 0.1) is 0 Å². The molecule has 0 atom stereocenters. The van der Waals surface area contributed by atoms with Crippen LogP contribution >= 0.6 is 15.9 Å². The van der Waals surface area contributed by atoms with Gasteiger partial charge < -0.3 is 15.2 Å². The van der Waals surface area contributed by atoms with Gasteiger partial charge in [0.15, 0.2) is 0 Å². The maximum atomic E-state index is 12.5. The van der Waals surface area contributed by atoms with Crippen molar-refractivity contribution >= 4 is 27.7 Å². The molecular weight excluding hydrogens is 403 g/mol. The zero-order valence-corrected chi connectivity index (χ0v) is 14.7. The predicted molar refractivity (Wildman–Crippen MR) is 89.2 cm³/mol. The Bertz CT molecular complexity index is 770. The van der Waals surface area contributed by atoms with Gasteiger partial charge in [0.1, 0.15) is 5.69 Å². The molecular formula is C16H15BrF3N3O2. The van der Waals surface area contributed by atoms with Gasteiger partial charge in [0.05, 0.1) is 5.56 Å². The van der Waals surface area contributed by atoms with Crippen LogP contribution in [0.25, 0.3) is 0 Å². The van der Waals surface area contributed by atoms with Crippen LogP contribution in [0.4, 0.5) is 13.2 Å². The average Bonchev–Trinajstić information content (AvgIpc) is 2.89. The van der Waals surface area contributed by atoms with E-state index in [2.05, 4.69) is 26.6 Å². The number of alkyl halides is 3. The van der Waals surface area contributed by atoms with Gasteiger partial charge in [0.2, 0.25) is 0 Å². The lowest BCUT2D eigenvalue weighted by atomic mass is 10.1. The molecule has 0 aliphatic rings. The highest BCUT2D eigenvalue weighted by Gasteiger charge is 2.30. The quantitative estimate of drug-likeness (QED) is 0.734. The average molecular weight is 418 g/mol. The first-order valence-corrected chi connectivity index (χ1v) is 8.03. The Kier molecular flexibility index (Phi) is 5.89. The summed E-state index contributed by atoms with van der Waals surface area (Å²) in [5.41, 5.74) is -0.239. The predicted octanol–water partition coefficient (Wildman–Crippen LogP) is 2.97. The fraction of sp³-hybridized carbons (Fsp3) is 0.250. The fourth-order valence-corrected chi connectivity index (χ4v) is 2.63. The molecule has 0 radical (unpaired) electrons. The van der Waals surface area contributed by atoms with Crippen molar-refractivity contribution in [1.82, 2.24) is 15.2 Å². The SMILES string of the molecule is Cn1cc(Br)cc1C(=O)NCCNC(=O)c1ccc(C(F)(F)F)cc1. The minimum Gasteiger partial charge on any atom is -0.350 e. The van der Waals surface area contributed by atoms with Gasteiger partial charge in [-0.1, -0.05) is 0 Å². The van der Waals surface area contributed by atoms with Gasteiger partial charge in [-0.25, -0.2) is 0 Å². The summed E-state index contributed by atoms with van der Waals surface area (Å²) >= 11 is 3.27. The van der Waals surface area contributed by atoms with E-state index in [0.29, 0.717) is 5.69 Å². The number of rotatable bonds is 5. The lowest BCUT2D eigenvalue weighted by Crippen LogP contribution is -2.35. The van der Waals surface area contributed by atoms with Crippen molar-refractivity contribution in [3.05, 3.63) is 57.8 Å². The van der Waals surface area contributed by atoms with Crippen molar-refractivity contribution in [3.8, 4) is 0 Å². The van der Waals surface area contributed by atoms with Crippen molar-refractivity contribution in [2.24, 2.45) is 7.05 Å². The minimum atomic E-state index is -4.44. The summed E-state index contributed by atoms with van der Waals surface area (Å²) in [4.78, 5) is 23.8. The molecule has 2 N–H and O–H groups in total. The number of nitrogens with zero attached hydrogens (tertiary/aromatic N) is 1.